The number of rotatable bonds is 8. The Morgan fingerprint density at radius 3 is 2.79 bits per heavy atom. The smallest absolute Gasteiger partial charge is 0.253 e. The third kappa shape index (κ3) is 6.76. The number of carbonyl (C=O) groups excluding carboxylic acids is 2. The zero-order valence-corrected chi connectivity index (χ0v) is 16.9. The highest BCUT2D eigenvalue weighted by Crippen LogP contribution is 2.22. The van der Waals surface area contributed by atoms with Gasteiger partial charge in [-0.05, 0) is 50.9 Å². The Bertz CT molecular complexity index is 651. The van der Waals surface area contributed by atoms with Crippen LogP contribution < -0.4 is 10.6 Å². The first-order valence-corrected chi connectivity index (χ1v) is 10.6. The van der Waals surface area contributed by atoms with Crippen molar-refractivity contribution in [1.29, 1.82) is 0 Å². The Kier molecular flexibility index (Phi) is 8.39. The van der Waals surface area contributed by atoms with Crippen LogP contribution in [0.2, 0.25) is 0 Å². The number of likely N-dealkylation sites (tertiary alicyclic amines) is 1. The third-order valence-corrected chi connectivity index (χ3v) is 5.65. The fourth-order valence-corrected chi connectivity index (χ4v) is 4.01. The Morgan fingerprint density at radius 2 is 2.07 bits per heavy atom. The molecule has 1 aromatic heterocycles. The van der Waals surface area contributed by atoms with Gasteiger partial charge in [0.2, 0.25) is 5.91 Å². The maximum Gasteiger partial charge on any atom is 0.253 e. The Hall–Kier alpha value is -2.03. The van der Waals surface area contributed by atoms with E-state index in [-0.39, 0.29) is 37.0 Å². The summed E-state index contributed by atoms with van der Waals surface area (Å²) in [7, 11) is 0. The van der Waals surface area contributed by atoms with E-state index < -0.39 is 6.10 Å². The first kappa shape index (κ1) is 21.7. The molecule has 0 bridgehead atoms. The summed E-state index contributed by atoms with van der Waals surface area (Å²) < 4.78 is 5.90. The lowest BCUT2D eigenvalue weighted by Crippen LogP contribution is -2.51. The minimum atomic E-state index is -0.518. The van der Waals surface area contributed by atoms with Crippen molar-refractivity contribution in [3.05, 3.63) is 30.1 Å². The van der Waals surface area contributed by atoms with Crippen LogP contribution in [0.4, 0.5) is 0 Å². The van der Waals surface area contributed by atoms with E-state index in [1.54, 1.807) is 18.3 Å². The van der Waals surface area contributed by atoms with E-state index in [9.17, 15) is 14.7 Å². The minimum Gasteiger partial charge on any atom is -0.394 e. The molecule has 2 amide bonds. The molecule has 3 rings (SSSR count). The molecule has 8 nitrogen and oxygen atoms in total. The molecule has 1 aromatic rings. The first-order valence-electron chi connectivity index (χ1n) is 10.6. The number of piperidine rings is 1. The van der Waals surface area contributed by atoms with Crippen molar-refractivity contribution in [2.45, 2.75) is 56.8 Å². The van der Waals surface area contributed by atoms with E-state index in [0.717, 1.165) is 19.6 Å². The highest BCUT2D eigenvalue weighted by Gasteiger charge is 2.33. The predicted octanol–water partition coefficient (Wildman–Crippen LogP) is 0.712. The van der Waals surface area contributed by atoms with Gasteiger partial charge in [-0.1, -0.05) is 6.42 Å². The van der Waals surface area contributed by atoms with Gasteiger partial charge in [-0.2, -0.15) is 0 Å². The van der Waals surface area contributed by atoms with Crippen LogP contribution in [0.5, 0.6) is 0 Å². The monoisotopic (exact) mass is 404 g/mol. The fourth-order valence-electron chi connectivity index (χ4n) is 4.01. The molecule has 0 aliphatic carbocycles. The second kappa shape index (κ2) is 11.2. The quantitative estimate of drug-likeness (QED) is 0.590. The molecule has 0 spiro atoms. The fraction of sp³-hybridized carbons (Fsp3) is 0.667. The number of nitrogens with zero attached hydrogens (tertiary/aromatic N) is 2. The van der Waals surface area contributed by atoms with Crippen LogP contribution >= 0.6 is 0 Å². The number of nitrogens with one attached hydrogen (secondary N) is 2. The standard InChI is InChI=1S/C21H32N4O4/c26-15-19-18(24-21(28)16-5-4-8-22-14-16)7-6-17(29-19)13-20(27)23-9-12-25-10-2-1-3-11-25/h4-5,8,14,17-19,26H,1-3,6-7,9-13,15H2,(H,23,27)(H,24,28)/t17-,18+,19-/m0/s1. The topological polar surface area (TPSA) is 104 Å². The summed E-state index contributed by atoms with van der Waals surface area (Å²) in [6.07, 6.45) is 7.73. The summed E-state index contributed by atoms with van der Waals surface area (Å²) in [5, 5.41) is 15.6. The number of aromatic nitrogens is 1. The van der Waals surface area contributed by atoms with Gasteiger partial charge in [0, 0.05) is 25.5 Å². The molecule has 0 radical (unpaired) electrons. The number of amides is 2. The summed E-state index contributed by atoms with van der Waals surface area (Å²) in [5.74, 6) is -0.263. The van der Waals surface area contributed by atoms with Crippen molar-refractivity contribution in [2.24, 2.45) is 0 Å². The molecule has 0 saturated carbocycles. The lowest BCUT2D eigenvalue weighted by atomic mass is 9.96. The zero-order chi connectivity index (χ0) is 20.5. The van der Waals surface area contributed by atoms with Crippen LogP contribution in [0.1, 0.15) is 48.9 Å². The van der Waals surface area contributed by atoms with Gasteiger partial charge in [0.15, 0.2) is 0 Å². The number of aliphatic hydroxyl groups excluding tert-OH is 1. The number of aliphatic hydroxyl groups is 1. The van der Waals surface area contributed by atoms with Crippen molar-refractivity contribution in [3.63, 3.8) is 0 Å². The molecule has 2 saturated heterocycles. The Labute approximate surface area is 172 Å². The van der Waals surface area contributed by atoms with Crippen molar-refractivity contribution in [3.8, 4) is 0 Å². The third-order valence-electron chi connectivity index (χ3n) is 5.65. The highest BCUT2D eigenvalue weighted by molar-refractivity contribution is 5.94. The number of hydrogen-bond acceptors (Lipinski definition) is 6. The number of carbonyl (C=O) groups is 2. The van der Waals surface area contributed by atoms with Gasteiger partial charge >= 0.3 is 0 Å². The van der Waals surface area contributed by atoms with Crippen LogP contribution in [0.15, 0.2) is 24.5 Å². The maximum absolute atomic E-state index is 12.3. The largest absolute Gasteiger partial charge is 0.394 e. The molecule has 3 atom stereocenters. The van der Waals surface area contributed by atoms with Crippen LogP contribution in [0, 0.1) is 0 Å². The van der Waals surface area contributed by atoms with Crippen LogP contribution in [-0.4, -0.2) is 77.8 Å². The normalized spacial score (nSPS) is 25.3. The Balaban J connectivity index is 1.39. The van der Waals surface area contributed by atoms with Gasteiger partial charge in [0.25, 0.3) is 5.91 Å². The summed E-state index contributed by atoms with van der Waals surface area (Å²) in [6.45, 7) is 3.57. The average molecular weight is 405 g/mol. The van der Waals surface area contributed by atoms with Crippen molar-refractivity contribution < 1.29 is 19.4 Å². The maximum atomic E-state index is 12.3. The van der Waals surface area contributed by atoms with Gasteiger partial charge in [-0.25, -0.2) is 0 Å². The summed E-state index contributed by atoms with van der Waals surface area (Å²) in [5.41, 5.74) is 0.472. The molecule has 3 heterocycles. The summed E-state index contributed by atoms with van der Waals surface area (Å²) >= 11 is 0. The minimum absolute atomic E-state index is 0.0263. The molecule has 29 heavy (non-hydrogen) atoms. The van der Waals surface area contributed by atoms with Gasteiger partial charge in [0.1, 0.15) is 6.10 Å². The van der Waals surface area contributed by atoms with E-state index in [1.807, 2.05) is 0 Å². The molecule has 2 aliphatic heterocycles. The van der Waals surface area contributed by atoms with Gasteiger partial charge in [-0.15, -0.1) is 0 Å². The summed E-state index contributed by atoms with van der Waals surface area (Å²) in [6, 6.07) is 3.11. The second-order valence-electron chi connectivity index (χ2n) is 7.83. The molecule has 2 fully saturated rings. The van der Waals surface area contributed by atoms with E-state index in [0.29, 0.717) is 24.9 Å². The van der Waals surface area contributed by atoms with Gasteiger partial charge < -0.3 is 25.4 Å². The van der Waals surface area contributed by atoms with E-state index in [2.05, 4.69) is 20.5 Å². The van der Waals surface area contributed by atoms with E-state index in [1.165, 1.54) is 25.5 Å². The first-order chi connectivity index (χ1) is 14.2. The van der Waals surface area contributed by atoms with Crippen molar-refractivity contribution in [2.75, 3.05) is 32.8 Å². The van der Waals surface area contributed by atoms with Crippen LogP contribution in [-0.2, 0) is 9.53 Å². The highest BCUT2D eigenvalue weighted by atomic mass is 16.5. The van der Waals surface area contributed by atoms with Crippen LogP contribution in [0.25, 0.3) is 0 Å². The number of pyridine rings is 1. The lowest BCUT2D eigenvalue weighted by Gasteiger charge is -2.36. The molecule has 8 heteroatoms. The van der Waals surface area contributed by atoms with Crippen molar-refractivity contribution >= 4 is 11.8 Å². The Morgan fingerprint density at radius 1 is 1.24 bits per heavy atom. The SMILES string of the molecule is O=C(C[C@@H]1CC[C@@H](NC(=O)c2cccnc2)[C@H](CO)O1)NCCN1CCCCC1. The average Bonchev–Trinajstić information content (AvgIpc) is 2.76. The van der Waals surface area contributed by atoms with Gasteiger partial charge in [-0.3, -0.25) is 14.6 Å². The molecular weight excluding hydrogens is 372 g/mol. The molecule has 0 aromatic carbocycles. The summed E-state index contributed by atoms with van der Waals surface area (Å²) in [4.78, 5) is 30.9. The van der Waals surface area contributed by atoms with Crippen LogP contribution in [0.3, 0.4) is 0 Å². The lowest BCUT2D eigenvalue weighted by molar-refractivity contribution is -0.130. The molecule has 0 unspecified atom stereocenters. The predicted molar refractivity (Wildman–Crippen MR) is 108 cm³/mol. The number of ether oxygens (including phenoxy) is 1. The van der Waals surface area contributed by atoms with E-state index >= 15 is 0 Å². The van der Waals surface area contributed by atoms with Crippen molar-refractivity contribution in [1.82, 2.24) is 20.5 Å². The zero-order valence-electron chi connectivity index (χ0n) is 16.9. The molecular formula is C21H32N4O4. The molecule has 160 valence electrons. The van der Waals surface area contributed by atoms with Gasteiger partial charge in [0.05, 0.1) is 30.7 Å². The van der Waals surface area contributed by atoms with E-state index in [4.69, 9.17) is 4.74 Å². The second-order valence-corrected chi connectivity index (χ2v) is 7.83. The number of hydrogen-bond donors (Lipinski definition) is 3. The molecule has 3 N–H and O–H groups in total. The molecule has 2 aliphatic rings.